The van der Waals surface area contributed by atoms with Crippen LogP contribution in [0.15, 0.2) is 48.5 Å². The summed E-state index contributed by atoms with van der Waals surface area (Å²) in [7, 11) is 0. The van der Waals surface area contributed by atoms with E-state index in [0.29, 0.717) is 31.4 Å². The topological polar surface area (TPSA) is 45.2 Å². The maximum absolute atomic E-state index is 13.9. The van der Waals surface area contributed by atoms with Crippen LogP contribution in [0.25, 0.3) is 0 Å². The van der Waals surface area contributed by atoms with Gasteiger partial charge in [-0.05, 0) is 35.7 Å². The molecule has 0 bridgehead atoms. The van der Waals surface area contributed by atoms with Gasteiger partial charge in [-0.25, -0.2) is 4.39 Å². The molecule has 3 rings (SSSR count). The number of aliphatic hydroxyl groups excluding tert-OH is 1. The van der Waals surface area contributed by atoms with Crippen LogP contribution in [0.4, 0.5) is 10.1 Å². The van der Waals surface area contributed by atoms with Gasteiger partial charge in [0, 0.05) is 32.7 Å². The summed E-state index contributed by atoms with van der Waals surface area (Å²) in [5.74, 6) is 1.15. The first-order valence-corrected chi connectivity index (χ1v) is 10.7. The number of halogens is 1. The van der Waals surface area contributed by atoms with E-state index in [2.05, 4.69) is 35.8 Å². The molecule has 1 atom stereocenters. The third kappa shape index (κ3) is 6.69. The van der Waals surface area contributed by atoms with E-state index in [1.54, 1.807) is 6.07 Å². The predicted octanol–water partition coefficient (Wildman–Crippen LogP) is 3.53. The van der Waals surface area contributed by atoms with Gasteiger partial charge in [0.15, 0.2) is 0 Å². The van der Waals surface area contributed by atoms with Crippen LogP contribution in [-0.4, -0.2) is 68.7 Å². The number of nitrogens with zero attached hydrogens (tertiary/aromatic N) is 2. The van der Waals surface area contributed by atoms with Gasteiger partial charge < -0.3 is 19.5 Å². The van der Waals surface area contributed by atoms with E-state index in [-0.39, 0.29) is 12.4 Å². The highest BCUT2D eigenvalue weighted by Gasteiger charge is 2.21. The van der Waals surface area contributed by atoms with E-state index in [9.17, 15) is 9.50 Å². The van der Waals surface area contributed by atoms with E-state index in [1.165, 1.54) is 11.6 Å². The summed E-state index contributed by atoms with van der Waals surface area (Å²) in [4.78, 5) is 4.25. The number of hydrogen-bond donors (Lipinski definition) is 1. The minimum absolute atomic E-state index is 0.183. The molecule has 0 spiro atoms. The molecule has 0 radical (unpaired) electrons. The smallest absolute Gasteiger partial charge is 0.146 e. The normalized spacial score (nSPS) is 16.1. The van der Waals surface area contributed by atoms with E-state index in [1.807, 2.05) is 24.3 Å². The van der Waals surface area contributed by atoms with Gasteiger partial charge in [-0.2, -0.15) is 0 Å². The first-order valence-electron chi connectivity index (χ1n) is 10.7. The molecule has 1 heterocycles. The van der Waals surface area contributed by atoms with Crippen molar-refractivity contribution in [2.24, 2.45) is 0 Å². The summed E-state index contributed by atoms with van der Waals surface area (Å²) >= 11 is 0. The Morgan fingerprint density at radius 2 is 1.67 bits per heavy atom. The molecule has 0 aliphatic carbocycles. The predicted molar refractivity (Wildman–Crippen MR) is 118 cm³/mol. The Morgan fingerprint density at radius 1 is 0.967 bits per heavy atom. The Kier molecular flexibility index (Phi) is 8.49. The summed E-state index contributed by atoms with van der Waals surface area (Å²) in [6, 6.07) is 15.0. The highest BCUT2D eigenvalue weighted by molar-refractivity contribution is 5.48. The average molecular weight is 417 g/mol. The lowest BCUT2D eigenvalue weighted by atomic mass is 10.0. The average Bonchev–Trinajstić information content (AvgIpc) is 2.75. The van der Waals surface area contributed by atoms with E-state index < -0.39 is 6.10 Å². The van der Waals surface area contributed by atoms with Crippen LogP contribution in [-0.2, 0) is 4.74 Å². The summed E-state index contributed by atoms with van der Waals surface area (Å²) in [6.07, 6.45) is -0.546. The summed E-state index contributed by atoms with van der Waals surface area (Å²) in [5.41, 5.74) is 1.94. The Morgan fingerprint density at radius 3 is 2.33 bits per heavy atom. The molecule has 1 aliphatic heterocycles. The summed E-state index contributed by atoms with van der Waals surface area (Å²) < 4.78 is 25.2. The Bertz CT molecular complexity index is 761. The molecule has 6 heteroatoms. The van der Waals surface area contributed by atoms with Crippen LogP contribution in [0.3, 0.4) is 0 Å². The number of anilines is 1. The minimum atomic E-state index is -0.546. The van der Waals surface area contributed by atoms with Gasteiger partial charge in [0.1, 0.15) is 18.2 Å². The molecule has 164 valence electrons. The second-order valence-electron chi connectivity index (χ2n) is 8.04. The molecule has 0 saturated carbocycles. The molecule has 1 aliphatic rings. The van der Waals surface area contributed by atoms with E-state index >= 15 is 0 Å². The molecule has 0 amide bonds. The zero-order valence-electron chi connectivity index (χ0n) is 18.0. The van der Waals surface area contributed by atoms with Crippen LogP contribution in [0.5, 0.6) is 5.75 Å². The van der Waals surface area contributed by atoms with Crippen LogP contribution < -0.4 is 9.64 Å². The number of para-hydroxylation sites is 1. The lowest BCUT2D eigenvalue weighted by molar-refractivity contribution is 0.00716. The van der Waals surface area contributed by atoms with Gasteiger partial charge in [0.05, 0.1) is 25.0 Å². The van der Waals surface area contributed by atoms with Crippen molar-refractivity contribution in [3.05, 3.63) is 59.9 Å². The zero-order valence-corrected chi connectivity index (χ0v) is 18.0. The standard InChI is InChI=1S/C24H33FN2O3/c1-19(2)20-7-9-22(10-8-20)30-16-15-29-18-21(28)17-26-11-13-27(14-12-26)24-6-4-3-5-23(24)25/h3-10,19,21,28H,11-18H2,1-2H3. The van der Waals surface area contributed by atoms with Gasteiger partial charge in [0.2, 0.25) is 0 Å². The SMILES string of the molecule is CC(C)c1ccc(OCCOCC(O)CN2CCN(c3ccccc3F)CC2)cc1. The van der Waals surface area contributed by atoms with Crippen molar-refractivity contribution in [2.45, 2.75) is 25.9 Å². The molecule has 1 fully saturated rings. The number of piperazine rings is 1. The number of benzene rings is 2. The molecule has 1 unspecified atom stereocenters. The third-order valence-electron chi connectivity index (χ3n) is 5.39. The monoisotopic (exact) mass is 416 g/mol. The Balaban J connectivity index is 1.28. The zero-order chi connectivity index (χ0) is 21.3. The number of β-amino-alcohol motifs (C(OH)–C–C–N with tert-alkyl or cyclic N) is 1. The molecule has 1 N–H and O–H groups in total. The first-order chi connectivity index (χ1) is 14.5. The van der Waals surface area contributed by atoms with Crippen LogP contribution in [0.2, 0.25) is 0 Å². The quantitative estimate of drug-likeness (QED) is 0.601. The third-order valence-corrected chi connectivity index (χ3v) is 5.39. The second kappa shape index (κ2) is 11.3. The molecule has 1 saturated heterocycles. The molecule has 2 aromatic rings. The van der Waals surface area contributed by atoms with Crippen LogP contribution >= 0.6 is 0 Å². The maximum Gasteiger partial charge on any atom is 0.146 e. The van der Waals surface area contributed by atoms with Crippen molar-refractivity contribution in [1.82, 2.24) is 4.90 Å². The minimum Gasteiger partial charge on any atom is -0.491 e. The molecule has 5 nitrogen and oxygen atoms in total. The van der Waals surface area contributed by atoms with Crippen LogP contribution in [0.1, 0.15) is 25.3 Å². The highest BCUT2D eigenvalue weighted by atomic mass is 19.1. The van der Waals surface area contributed by atoms with Gasteiger partial charge in [-0.3, -0.25) is 4.90 Å². The fourth-order valence-corrected chi connectivity index (χ4v) is 3.62. The van der Waals surface area contributed by atoms with Crippen LogP contribution in [0, 0.1) is 5.82 Å². The van der Waals surface area contributed by atoms with Crippen molar-refractivity contribution < 1.29 is 19.0 Å². The molecule has 2 aromatic carbocycles. The van der Waals surface area contributed by atoms with E-state index in [0.717, 1.165) is 31.9 Å². The summed E-state index contributed by atoms with van der Waals surface area (Å²) in [5, 5.41) is 10.2. The van der Waals surface area contributed by atoms with Crippen molar-refractivity contribution >= 4 is 5.69 Å². The lowest BCUT2D eigenvalue weighted by Gasteiger charge is -2.36. The number of hydrogen-bond acceptors (Lipinski definition) is 5. The highest BCUT2D eigenvalue weighted by Crippen LogP contribution is 2.20. The van der Waals surface area contributed by atoms with Crippen molar-refractivity contribution in [3.8, 4) is 5.75 Å². The fraction of sp³-hybridized carbons (Fsp3) is 0.500. The van der Waals surface area contributed by atoms with Gasteiger partial charge in [-0.15, -0.1) is 0 Å². The Hall–Kier alpha value is -2.15. The van der Waals surface area contributed by atoms with E-state index in [4.69, 9.17) is 9.47 Å². The second-order valence-corrected chi connectivity index (χ2v) is 8.04. The van der Waals surface area contributed by atoms with Crippen molar-refractivity contribution in [2.75, 3.05) is 57.4 Å². The lowest BCUT2D eigenvalue weighted by Crippen LogP contribution is -2.49. The van der Waals surface area contributed by atoms with Crippen molar-refractivity contribution in [1.29, 1.82) is 0 Å². The maximum atomic E-state index is 13.9. The number of rotatable bonds is 10. The first kappa shape index (κ1) is 22.5. The summed E-state index contributed by atoms with van der Waals surface area (Å²) in [6.45, 7) is 9.14. The number of ether oxygens (including phenoxy) is 2. The molecule has 0 aromatic heterocycles. The molecular weight excluding hydrogens is 383 g/mol. The van der Waals surface area contributed by atoms with Crippen molar-refractivity contribution in [3.63, 3.8) is 0 Å². The largest absolute Gasteiger partial charge is 0.491 e. The molecule has 30 heavy (non-hydrogen) atoms. The van der Waals surface area contributed by atoms with Gasteiger partial charge >= 0.3 is 0 Å². The number of aliphatic hydroxyl groups is 1. The van der Waals surface area contributed by atoms with Gasteiger partial charge in [0.25, 0.3) is 0 Å². The van der Waals surface area contributed by atoms with Gasteiger partial charge in [-0.1, -0.05) is 38.1 Å². The Labute approximate surface area is 179 Å². The molecular formula is C24H33FN2O3. The fourth-order valence-electron chi connectivity index (χ4n) is 3.62.